The summed E-state index contributed by atoms with van der Waals surface area (Å²) in [6.45, 7) is 4.24. The van der Waals surface area contributed by atoms with Crippen molar-refractivity contribution in [2.75, 3.05) is 0 Å². The Morgan fingerprint density at radius 3 is 1.07 bits per heavy atom. The van der Waals surface area contributed by atoms with Gasteiger partial charge in [0.05, 0.1) is 11.0 Å². The number of aromatic nitrogens is 4. The van der Waals surface area contributed by atoms with E-state index in [2.05, 4.69) is 291 Å². The highest BCUT2D eigenvalue weighted by atomic mass is 14.7. The quantitative estimate of drug-likeness (QED) is 0.156. The smallest absolute Gasteiger partial charge is 0.0780 e. The van der Waals surface area contributed by atoms with Crippen molar-refractivity contribution in [3.8, 4) is 66.8 Å². The zero-order valence-electron chi connectivity index (χ0n) is 50.8. The number of pyridine rings is 4. The molecule has 0 atom stereocenters. The average Bonchev–Trinajstić information content (AvgIpc) is 0.758. The summed E-state index contributed by atoms with van der Waals surface area (Å²) in [6, 6.07) is 101. The standard InChI is InChI=1S/2C40H24N2.C8H10/c1-4-25-21-23-41-24-37(25)31(7-1)26-9-11-27(12-10-26)32-17-13-28-16-20-35-33(18-14-29-15-19-34(32)38(28)39(29)35)36-8-2-5-30-6-3-22-42-40(30)36;1-2-8-31-30(5-1)23-41-24-37(31)26-12-10-25(11-13-26)32-18-14-27-17-21-35-33(19-15-28-16-20-34(32)38(27)39(28)35)36-9-3-6-29-7-4-22-42-40(29)36;1-7-5-3-4-6-8(7)2/h2*1-24H;3-6H,1-2H3. The number of benzene rings is 15. The molecule has 0 unspecified atom stereocenters. The van der Waals surface area contributed by atoms with Gasteiger partial charge in [-0.3, -0.25) is 19.9 Å². The van der Waals surface area contributed by atoms with E-state index >= 15 is 0 Å². The van der Waals surface area contributed by atoms with Crippen molar-refractivity contribution >= 4 is 108 Å². The molecular weight excluding hydrogens is 1110 g/mol. The maximum atomic E-state index is 4.76. The summed E-state index contributed by atoms with van der Waals surface area (Å²) in [4.78, 5) is 18.4. The molecule has 0 N–H and O–H groups in total. The molecule has 0 aliphatic rings. The topological polar surface area (TPSA) is 51.6 Å². The van der Waals surface area contributed by atoms with Gasteiger partial charge in [-0.1, -0.05) is 261 Å². The van der Waals surface area contributed by atoms with Gasteiger partial charge >= 0.3 is 0 Å². The maximum Gasteiger partial charge on any atom is 0.0780 e. The molecule has 0 aliphatic carbocycles. The van der Waals surface area contributed by atoms with Crippen molar-refractivity contribution in [2.24, 2.45) is 0 Å². The largest absolute Gasteiger partial charge is 0.264 e. The molecule has 92 heavy (non-hydrogen) atoms. The third-order valence-electron chi connectivity index (χ3n) is 19.0. The van der Waals surface area contributed by atoms with Crippen LogP contribution in [0.5, 0.6) is 0 Å². The Morgan fingerprint density at radius 1 is 0.196 bits per heavy atom. The highest BCUT2D eigenvalue weighted by molar-refractivity contribution is 6.29. The fourth-order valence-electron chi connectivity index (χ4n) is 14.3. The van der Waals surface area contributed by atoms with E-state index in [1.807, 2.05) is 49.3 Å². The fraction of sp³-hybridized carbons (Fsp3) is 0.0227. The molecule has 19 aromatic rings. The molecule has 4 heterocycles. The first-order valence-corrected chi connectivity index (χ1v) is 31.5. The third kappa shape index (κ3) is 9.31. The normalized spacial score (nSPS) is 11.6. The summed E-state index contributed by atoms with van der Waals surface area (Å²) in [7, 11) is 0. The molecule has 4 nitrogen and oxygen atoms in total. The van der Waals surface area contributed by atoms with Crippen LogP contribution < -0.4 is 0 Å². The van der Waals surface area contributed by atoms with Gasteiger partial charge in [-0.05, 0) is 169 Å². The van der Waals surface area contributed by atoms with Gasteiger partial charge in [0.15, 0.2) is 0 Å². The molecule has 0 aliphatic heterocycles. The lowest BCUT2D eigenvalue weighted by Gasteiger charge is -2.17. The number of aryl methyl sites for hydroxylation is 2. The fourth-order valence-corrected chi connectivity index (χ4v) is 14.3. The van der Waals surface area contributed by atoms with Crippen molar-refractivity contribution in [1.82, 2.24) is 19.9 Å². The molecule has 0 fully saturated rings. The summed E-state index contributed by atoms with van der Waals surface area (Å²) in [5, 5.41) is 22.5. The van der Waals surface area contributed by atoms with Gasteiger partial charge < -0.3 is 0 Å². The van der Waals surface area contributed by atoms with Crippen LogP contribution in [0.2, 0.25) is 0 Å². The summed E-state index contributed by atoms with van der Waals surface area (Å²) in [5.41, 5.74) is 19.3. The van der Waals surface area contributed by atoms with Crippen LogP contribution in [0.4, 0.5) is 0 Å². The molecule has 4 aromatic heterocycles. The molecule has 0 amide bonds. The van der Waals surface area contributed by atoms with E-state index in [4.69, 9.17) is 9.97 Å². The number of fused-ring (bicyclic) bond motifs is 4. The predicted molar refractivity (Wildman–Crippen MR) is 390 cm³/mol. The Balaban J connectivity index is 0.000000126. The van der Waals surface area contributed by atoms with E-state index in [0.29, 0.717) is 0 Å². The van der Waals surface area contributed by atoms with Gasteiger partial charge in [0.25, 0.3) is 0 Å². The molecule has 19 rings (SSSR count). The summed E-state index contributed by atoms with van der Waals surface area (Å²) < 4.78 is 0. The SMILES string of the molecule is Cc1ccccc1C.c1cc(-c2ccc(-c3ccc4ccc5c(-c6cccc7cccnc67)ccc6ccc3c4c65)cc2)c2cnccc2c1.c1ccc2c(-c3ccc(-c4ccc5ccc6c(-c7cccc8cccnc78)ccc7ccc4c5c76)cc3)cncc2c1. The highest BCUT2D eigenvalue weighted by Crippen LogP contribution is 2.46. The van der Waals surface area contributed by atoms with Crippen molar-refractivity contribution in [3.63, 3.8) is 0 Å². The molecule has 15 aromatic carbocycles. The Morgan fingerprint density at radius 2 is 0.576 bits per heavy atom. The van der Waals surface area contributed by atoms with Crippen LogP contribution in [-0.2, 0) is 0 Å². The van der Waals surface area contributed by atoms with E-state index in [1.165, 1.54) is 153 Å². The number of nitrogens with zero attached hydrogens (tertiary/aromatic N) is 4. The Kier molecular flexibility index (Phi) is 13.3. The van der Waals surface area contributed by atoms with Crippen LogP contribution in [0.1, 0.15) is 11.1 Å². The summed E-state index contributed by atoms with van der Waals surface area (Å²) >= 11 is 0. The Hall–Kier alpha value is -12.0. The first kappa shape index (κ1) is 54.2. The second-order valence-corrected chi connectivity index (χ2v) is 24.1. The zero-order chi connectivity index (χ0) is 61.2. The van der Waals surface area contributed by atoms with Crippen LogP contribution in [-0.4, -0.2) is 19.9 Å². The molecular formula is C88H58N4. The van der Waals surface area contributed by atoms with Crippen LogP contribution in [0.15, 0.2) is 316 Å². The van der Waals surface area contributed by atoms with E-state index in [1.54, 1.807) is 0 Å². The van der Waals surface area contributed by atoms with Crippen molar-refractivity contribution in [3.05, 3.63) is 327 Å². The number of rotatable bonds is 6. The molecule has 430 valence electrons. The van der Waals surface area contributed by atoms with E-state index in [9.17, 15) is 0 Å². The van der Waals surface area contributed by atoms with Crippen molar-refractivity contribution in [2.45, 2.75) is 13.8 Å². The van der Waals surface area contributed by atoms with Gasteiger partial charge in [0.2, 0.25) is 0 Å². The number of hydrogen-bond acceptors (Lipinski definition) is 4. The second-order valence-electron chi connectivity index (χ2n) is 24.1. The lowest BCUT2D eigenvalue weighted by Crippen LogP contribution is -1.91. The number of hydrogen-bond donors (Lipinski definition) is 0. The van der Waals surface area contributed by atoms with Crippen LogP contribution in [0, 0.1) is 13.8 Å². The molecule has 0 spiro atoms. The molecule has 0 bridgehead atoms. The summed E-state index contributed by atoms with van der Waals surface area (Å²) in [5.74, 6) is 0. The molecule has 4 heteroatoms. The number of para-hydroxylation sites is 2. The first-order valence-electron chi connectivity index (χ1n) is 31.5. The molecule has 0 saturated heterocycles. The Labute approximate surface area is 532 Å². The highest BCUT2D eigenvalue weighted by Gasteiger charge is 2.19. The van der Waals surface area contributed by atoms with Gasteiger partial charge in [0.1, 0.15) is 0 Å². The minimum atomic E-state index is 1.04. The maximum absolute atomic E-state index is 4.76. The van der Waals surface area contributed by atoms with Gasteiger partial charge in [-0.25, -0.2) is 0 Å². The van der Waals surface area contributed by atoms with Crippen molar-refractivity contribution < 1.29 is 0 Å². The first-order chi connectivity index (χ1) is 45.5. The van der Waals surface area contributed by atoms with Crippen LogP contribution >= 0.6 is 0 Å². The third-order valence-corrected chi connectivity index (χ3v) is 19.0. The van der Waals surface area contributed by atoms with Crippen molar-refractivity contribution in [1.29, 1.82) is 0 Å². The monoisotopic (exact) mass is 1170 g/mol. The van der Waals surface area contributed by atoms with Gasteiger partial charge in [-0.15, -0.1) is 0 Å². The minimum absolute atomic E-state index is 1.04. The molecule has 0 radical (unpaired) electrons. The summed E-state index contributed by atoms with van der Waals surface area (Å²) in [6.07, 6.45) is 11.5. The zero-order valence-corrected chi connectivity index (χ0v) is 50.8. The Bertz CT molecular complexity index is 5640. The van der Waals surface area contributed by atoms with Gasteiger partial charge in [-0.2, -0.15) is 0 Å². The second kappa shape index (κ2) is 22.6. The lowest BCUT2D eigenvalue weighted by atomic mass is 9.86. The van der Waals surface area contributed by atoms with Gasteiger partial charge in [0, 0.05) is 75.4 Å². The predicted octanol–water partition coefficient (Wildman–Crippen LogP) is 23.7. The lowest BCUT2D eigenvalue weighted by molar-refractivity contribution is 1.34. The van der Waals surface area contributed by atoms with E-state index in [-0.39, 0.29) is 0 Å². The molecule has 0 saturated carbocycles. The van der Waals surface area contributed by atoms with E-state index < -0.39 is 0 Å². The minimum Gasteiger partial charge on any atom is -0.264 e. The van der Waals surface area contributed by atoms with Crippen LogP contribution in [0.3, 0.4) is 0 Å². The average molecular weight is 1170 g/mol. The van der Waals surface area contributed by atoms with Crippen LogP contribution in [0.25, 0.3) is 175 Å². The van der Waals surface area contributed by atoms with E-state index in [0.717, 1.165) is 32.8 Å².